The quantitative estimate of drug-likeness (QED) is 0.641. The number of anilines is 2. The third-order valence-corrected chi connectivity index (χ3v) is 6.13. The lowest BCUT2D eigenvalue weighted by atomic mass is 10.2. The Bertz CT molecular complexity index is 988. The summed E-state index contributed by atoms with van der Waals surface area (Å²) < 4.78 is 34.6. The molecule has 9 heteroatoms. The fourth-order valence-corrected chi connectivity index (χ4v) is 4.43. The molecule has 1 aromatic carbocycles. The first-order valence-corrected chi connectivity index (χ1v) is 10.3. The summed E-state index contributed by atoms with van der Waals surface area (Å²) in [5, 5.41) is 4.34. The highest BCUT2D eigenvalue weighted by Gasteiger charge is 2.20. The van der Waals surface area contributed by atoms with Gasteiger partial charge in [0.25, 0.3) is 0 Å². The molecular weight excluding hydrogens is 398 g/mol. The Labute approximate surface area is 171 Å². The maximum absolute atomic E-state index is 12.4. The number of quaternary nitrogens is 1. The van der Waals surface area contributed by atoms with Crippen LogP contribution >= 0.6 is 11.3 Å². The van der Waals surface area contributed by atoms with E-state index in [1.54, 1.807) is 23.5 Å². The van der Waals surface area contributed by atoms with Crippen LogP contribution in [0.5, 0.6) is 5.75 Å². The molecule has 1 aliphatic heterocycles. The number of thiophene rings is 1. The van der Waals surface area contributed by atoms with E-state index in [1.165, 1.54) is 21.9 Å². The molecule has 2 N–H and O–H groups in total. The Hall–Kier alpha value is -2.36. The van der Waals surface area contributed by atoms with Crippen molar-refractivity contribution in [2.24, 2.45) is 0 Å². The SMILES string of the molecule is Cc1sc2nc(C[NH+]3CCOCC3)nc(Nc3ccc(OC(F)F)cc3)c2c1C. The molecule has 0 radical (unpaired) electrons. The number of nitrogens with zero attached hydrogens (tertiary/aromatic N) is 2. The Morgan fingerprint density at radius 2 is 1.90 bits per heavy atom. The number of benzene rings is 1. The molecule has 0 atom stereocenters. The highest BCUT2D eigenvalue weighted by Crippen LogP contribution is 2.34. The van der Waals surface area contributed by atoms with Gasteiger partial charge in [0.05, 0.1) is 18.6 Å². The molecule has 0 bridgehead atoms. The van der Waals surface area contributed by atoms with Crippen molar-refractivity contribution >= 4 is 33.1 Å². The van der Waals surface area contributed by atoms with Crippen molar-refractivity contribution in [1.29, 1.82) is 0 Å². The Kier molecular flexibility index (Phi) is 5.89. The molecule has 0 saturated carbocycles. The Morgan fingerprint density at radius 1 is 1.17 bits per heavy atom. The predicted molar refractivity (Wildman–Crippen MR) is 108 cm³/mol. The third kappa shape index (κ3) is 4.63. The van der Waals surface area contributed by atoms with Gasteiger partial charge in [0.15, 0.2) is 5.82 Å². The molecule has 3 aromatic rings. The van der Waals surface area contributed by atoms with Crippen LogP contribution in [-0.4, -0.2) is 42.9 Å². The molecule has 1 fully saturated rings. The topological polar surface area (TPSA) is 60.7 Å². The fraction of sp³-hybridized carbons (Fsp3) is 0.400. The van der Waals surface area contributed by atoms with Crippen molar-refractivity contribution in [2.45, 2.75) is 27.0 Å². The molecule has 0 unspecified atom stereocenters. The van der Waals surface area contributed by atoms with Gasteiger partial charge in [-0.25, -0.2) is 9.97 Å². The molecule has 0 amide bonds. The molecular formula is C20H23F2N4O2S+. The van der Waals surface area contributed by atoms with Crippen LogP contribution < -0.4 is 15.0 Å². The van der Waals surface area contributed by atoms with Crippen LogP contribution in [0.25, 0.3) is 10.2 Å². The second-order valence-corrected chi connectivity index (χ2v) is 8.22. The van der Waals surface area contributed by atoms with Gasteiger partial charge in [-0.15, -0.1) is 11.3 Å². The monoisotopic (exact) mass is 421 g/mol. The van der Waals surface area contributed by atoms with Gasteiger partial charge in [-0.1, -0.05) is 0 Å². The van der Waals surface area contributed by atoms with Crippen LogP contribution in [0.1, 0.15) is 16.3 Å². The average Bonchev–Trinajstić information content (AvgIpc) is 2.98. The molecule has 0 spiro atoms. The number of aromatic nitrogens is 2. The summed E-state index contributed by atoms with van der Waals surface area (Å²) in [6.07, 6.45) is 0. The molecule has 29 heavy (non-hydrogen) atoms. The number of hydrogen-bond donors (Lipinski definition) is 2. The number of ether oxygens (including phenoxy) is 2. The van der Waals surface area contributed by atoms with Gasteiger partial charge in [-0.3, -0.25) is 0 Å². The molecule has 154 valence electrons. The Morgan fingerprint density at radius 3 is 2.59 bits per heavy atom. The van der Waals surface area contributed by atoms with Crippen LogP contribution in [0.15, 0.2) is 24.3 Å². The van der Waals surface area contributed by atoms with E-state index < -0.39 is 6.61 Å². The first kappa shape index (κ1) is 19.9. The van der Waals surface area contributed by atoms with E-state index in [9.17, 15) is 8.78 Å². The highest BCUT2D eigenvalue weighted by atomic mass is 32.1. The molecule has 0 aliphatic carbocycles. The zero-order valence-corrected chi connectivity index (χ0v) is 17.1. The molecule has 4 rings (SSSR count). The van der Waals surface area contributed by atoms with E-state index >= 15 is 0 Å². The normalized spacial score (nSPS) is 15.2. The van der Waals surface area contributed by atoms with Crippen LogP contribution in [-0.2, 0) is 11.3 Å². The summed E-state index contributed by atoms with van der Waals surface area (Å²) in [7, 11) is 0. The van der Waals surface area contributed by atoms with Crippen LogP contribution in [0.2, 0.25) is 0 Å². The zero-order chi connectivity index (χ0) is 20.4. The number of halogens is 2. The van der Waals surface area contributed by atoms with Crippen molar-refractivity contribution in [2.75, 3.05) is 31.6 Å². The number of nitrogens with one attached hydrogen (secondary N) is 2. The third-order valence-electron chi connectivity index (χ3n) is 5.03. The fourth-order valence-electron chi connectivity index (χ4n) is 3.38. The molecule has 3 heterocycles. The molecule has 2 aromatic heterocycles. The first-order valence-electron chi connectivity index (χ1n) is 9.49. The van der Waals surface area contributed by atoms with Crippen molar-refractivity contribution in [1.82, 2.24) is 9.97 Å². The van der Waals surface area contributed by atoms with Crippen LogP contribution in [0.3, 0.4) is 0 Å². The van der Waals surface area contributed by atoms with Gasteiger partial charge in [0.1, 0.15) is 36.0 Å². The largest absolute Gasteiger partial charge is 0.435 e. The van der Waals surface area contributed by atoms with E-state index in [0.717, 1.165) is 66.0 Å². The summed E-state index contributed by atoms with van der Waals surface area (Å²) in [6, 6.07) is 6.43. The van der Waals surface area contributed by atoms with Gasteiger partial charge < -0.3 is 19.7 Å². The Balaban J connectivity index is 1.64. The number of alkyl halides is 2. The minimum atomic E-state index is -2.84. The van der Waals surface area contributed by atoms with E-state index in [-0.39, 0.29) is 5.75 Å². The first-order chi connectivity index (χ1) is 14.0. The molecule has 1 saturated heterocycles. The minimum Gasteiger partial charge on any atom is -0.435 e. The van der Waals surface area contributed by atoms with Crippen molar-refractivity contribution in [3.8, 4) is 5.75 Å². The average molecular weight is 421 g/mol. The van der Waals surface area contributed by atoms with E-state index in [4.69, 9.17) is 14.7 Å². The van der Waals surface area contributed by atoms with Gasteiger partial charge in [0.2, 0.25) is 0 Å². The van der Waals surface area contributed by atoms with Crippen molar-refractivity contribution < 1.29 is 23.2 Å². The van der Waals surface area contributed by atoms with Crippen molar-refractivity contribution in [3.05, 3.63) is 40.5 Å². The lowest BCUT2D eigenvalue weighted by Crippen LogP contribution is -3.12. The smallest absolute Gasteiger partial charge is 0.387 e. The van der Waals surface area contributed by atoms with E-state index in [1.807, 2.05) is 0 Å². The number of morpholine rings is 1. The lowest BCUT2D eigenvalue weighted by molar-refractivity contribution is -0.922. The van der Waals surface area contributed by atoms with Crippen LogP contribution in [0.4, 0.5) is 20.3 Å². The number of rotatable bonds is 6. The number of hydrogen-bond acceptors (Lipinski definition) is 6. The maximum Gasteiger partial charge on any atom is 0.387 e. The maximum atomic E-state index is 12.4. The highest BCUT2D eigenvalue weighted by molar-refractivity contribution is 7.18. The van der Waals surface area contributed by atoms with E-state index in [0.29, 0.717) is 0 Å². The summed E-state index contributed by atoms with van der Waals surface area (Å²) in [6.45, 7) is 5.45. The van der Waals surface area contributed by atoms with E-state index in [2.05, 4.69) is 23.9 Å². The summed E-state index contributed by atoms with van der Waals surface area (Å²) in [5.74, 6) is 1.65. The summed E-state index contributed by atoms with van der Waals surface area (Å²) in [5.41, 5.74) is 1.90. The van der Waals surface area contributed by atoms with Gasteiger partial charge >= 0.3 is 6.61 Å². The molecule has 1 aliphatic rings. The van der Waals surface area contributed by atoms with Gasteiger partial charge in [-0.05, 0) is 43.7 Å². The minimum absolute atomic E-state index is 0.123. The predicted octanol–water partition coefficient (Wildman–Crippen LogP) is 3.07. The second-order valence-electron chi connectivity index (χ2n) is 7.02. The standard InChI is InChI=1S/C20H22F2N4O2S/c1-12-13(2)29-19-17(12)18(23-14-3-5-15(6-4-14)28-20(21)22)24-16(25-19)11-26-7-9-27-10-8-26/h3-6,20H,7-11H2,1-2H3,(H,23,24,25)/p+1. The van der Waals surface area contributed by atoms with Gasteiger partial charge in [-0.2, -0.15) is 8.78 Å². The second kappa shape index (κ2) is 8.56. The van der Waals surface area contributed by atoms with Crippen LogP contribution in [0, 0.1) is 13.8 Å². The summed E-state index contributed by atoms with van der Waals surface area (Å²) >= 11 is 1.66. The number of aryl methyl sites for hydroxylation is 2. The van der Waals surface area contributed by atoms with Crippen molar-refractivity contribution in [3.63, 3.8) is 0 Å². The zero-order valence-electron chi connectivity index (χ0n) is 16.3. The van der Waals surface area contributed by atoms with Gasteiger partial charge in [0, 0.05) is 10.6 Å². The molecule has 6 nitrogen and oxygen atoms in total. The number of fused-ring (bicyclic) bond motifs is 1. The summed E-state index contributed by atoms with van der Waals surface area (Å²) in [4.78, 5) is 13.2. The lowest BCUT2D eigenvalue weighted by Gasteiger charge is -2.23.